The minimum Gasteiger partial charge on any atom is -0.342 e. The van der Waals surface area contributed by atoms with Crippen molar-refractivity contribution < 1.29 is 13.6 Å². The summed E-state index contributed by atoms with van der Waals surface area (Å²) in [6, 6.07) is 10.1. The fourth-order valence-corrected chi connectivity index (χ4v) is 6.63. The summed E-state index contributed by atoms with van der Waals surface area (Å²) in [6.07, 6.45) is 2.97. The van der Waals surface area contributed by atoms with Crippen LogP contribution in [-0.4, -0.2) is 65.5 Å². The van der Waals surface area contributed by atoms with Gasteiger partial charge in [-0.15, -0.1) is 0 Å². The van der Waals surface area contributed by atoms with Gasteiger partial charge in [-0.05, 0) is 87.8 Å². The van der Waals surface area contributed by atoms with Crippen LogP contribution >= 0.6 is 11.6 Å². The van der Waals surface area contributed by atoms with Gasteiger partial charge in [-0.1, -0.05) is 23.7 Å². The molecule has 212 valence electrons. The van der Waals surface area contributed by atoms with Crippen LogP contribution in [0.3, 0.4) is 0 Å². The first kappa shape index (κ1) is 28.5. The second-order valence-electron chi connectivity index (χ2n) is 12.5. The number of nitrogens with zero attached hydrogens (tertiary/aromatic N) is 3. The predicted octanol–water partition coefficient (Wildman–Crippen LogP) is 6.11. The number of carbonyl (C=O) groups is 1. The molecule has 3 unspecified atom stereocenters. The highest BCUT2D eigenvalue weighted by molar-refractivity contribution is 6.30. The van der Waals surface area contributed by atoms with Crippen LogP contribution in [0.2, 0.25) is 5.02 Å². The fourth-order valence-electron chi connectivity index (χ4n) is 6.45. The Labute approximate surface area is 236 Å². The number of likely N-dealkylation sites (tertiary alicyclic amines) is 2. The number of rotatable bonds is 6. The summed E-state index contributed by atoms with van der Waals surface area (Å²) in [4.78, 5) is 18.2. The van der Waals surface area contributed by atoms with Crippen LogP contribution in [0.25, 0.3) is 0 Å². The second-order valence-corrected chi connectivity index (χ2v) is 13.0. The summed E-state index contributed by atoms with van der Waals surface area (Å²) in [5, 5.41) is 2.99. The van der Waals surface area contributed by atoms with E-state index in [1.807, 2.05) is 11.0 Å². The molecule has 0 aliphatic carbocycles. The van der Waals surface area contributed by atoms with Gasteiger partial charge < -0.3 is 4.90 Å². The Hall–Kier alpha value is -2.06. The Morgan fingerprint density at radius 1 is 1.00 bits per heavy atom. The second kappa shape index (κ2) is 11.4. The lowest BCUT2D eigenvalue weighted by Gasteiger charge is -2.37. The molecule has 0 saturated carbocycles. The number of benzene rings is 2. The van der Waals surface area contributed by atoms with Crippen molar-refractivity contribution >= 4 is 17.5 Å². The SMILES string of the molecule is CC(NN1CCC1)c1cc(Cl)ccc1C1CCN(C(=O)C2CN(C(C)(C)C)CC2c2ccc(F)cc2F)CC1. The molecule has 2 aromatic carbocycles. The van der Waals surface area contributed by atoms with Crippen molar-refractivity contribution in [3.63, 3.8) is 0 Å². The molecule has 2 aromatic rings. The first-order chi connectivity index (χ1) is 18.5. The highest BCUT2D eigenvalue weighted by atomic mass is 35.5. The third-order valence-corrected chi connectivity index (χ3v) is 9.18. The number of hydrogen-bond acceptors (Lipinski definition) is 4. The Kier molecular flexibility index (Phi) is 8.35. The molecule has 1 N–H and O–H groups in total. The number of nitrogens with one attached hydrogen (secondary N) is 1. The van der Waals surface area contributed by atoms with Crippen molar-refractivity contribution in [3.05, 3.63) is 69.7 Å². The van der Waals surface area contributed by atoms with Gasteiger partial charge in [0.2, 0.25) is 5.91 Å². The van der Waals surface area contributed by atoms with E-state index in [9.17, 15) is 13.6 Å². The molecule has 1 amide bonds. The highest BCUT2D eigenvalue weighted by Gasteiger charge is 2.44. The zero-order valence-corrected chi connectivity index (χ0v) is 24.3. The van der Waals surface area contributed by atoms with Crippen LogP contribution in [0.4, 0.5) is 8.78 Å². The topological polar surface area (TPSA) is 38.8 Å². The van der Waals surface area contributed by atoms with Gasteiger partial charge in [0, 0.05) is 67.9 Å². The fraction of sp³-hybridized carbons (Fsp3) is 0.581. The molecule has 3 saturated heterocycles. The van der Waals surface area contributed by atoms with Gasteiger partial charge in [0.25, 0.3) is 0 Å². The largest absolute Gasteiger partial charge is 0.342 e. The van der Waals surface area contributed by atoms with Crippen molar-refractivity contribution in [1.82, 2.24) is 20.2 Å². The number of piperidine rings is 1. The van der Waals surface area contributed by atoms with Crippen LogP contribution < -0.4 is 5.43 Å². The van der Waals surface area contributed by atoms with Gasteiger partial charge in [0.15, 0.2) is 0 Å². The molecule has 0 radical (unpaired) electrons. The van der Waals surface area contributed by atoms with Crippen LogP contribution in [0.15, 0.2) is 36.4 Å². The van der Waals surface area contributed by atoms with Crippen LogP contribution in [0, 0.1) is 17.6 Å². The summed E-state index contributed by atoms with van der Waals surface area (Å²) < 4.78 is 28.5. The monoisotopic (exact) mass is 558 g/mol. The standard InChI is InChI=1S/C31H41ClF2N4O/c1-20(35-38-12-5-13-38)26-16-22(32)6-8-24(26)21-10-14-36(15-11-21)30(39)28-19-37(31(2,3)4)18-27(28)25-9-7-23(33)17-29(25)34/h6-9,16-17,20-21,27-28,35H,5,10-15,18-19H2,1-4H3. The van der Waals surface area contributed by atoms with E-state index in [1.54, 1.807) is 0 Å². The van der Waals surface area contributed by atoms with E-state index >= 15 is 0 Å². The smallest absolute Gasteiger partial charge is 0.227 e. The van der Waals surface area contributed by atoms with Crippen molar-refractivity contribution in [2.75, 3.05) is 39.3 Å². The van der Waals surface area contributed by atoms with E-state index in [-0.39, 0.29) is 29.3 Å². The minimum atomic E-state index is -0.595. The molecule has 0 aromatic heterocycles. The summed E-state index contributed by atoms with van der Waals surface area (Å²) in [5.41, 5.74) is 6.41. The van der Waals surface area contributed by atoms with E-state index in [1.165, 1.54) is 29.7 Å². The number of hydrazine groups is 1. The lowest BCUT2D eigenvalue weighted by atomic mass is 9.83. The van der Waals surface area contributed by atoms with E-state index in [0.29, 0.717) is 37.7 Å². The van der Waals surface area contributed by atoms with Crippen molar-refractivity contribution in [2.45, 2.75) is 70.4 Å². The van der Waals surface area contributed by atoms with Gasteiger partial charge >= 0.3 is 0 Å². The van der Waals surface area contributed by atoms with Crippen molar-refractivity contribution in [1.29, 1.82) is 0 Å². The van der Waals surface area contributed by atoms with E-state index in [4.69, 9.17) is 11.6 Å². The van der Waals surface area contributed by atoms with E-state index in [2.05, 4.69) is 55.2 Å². The van der Waals surface area contributed by atoms with Gasteiger partial charge in [0.05, 0.1) is 5.92 Å². The first-order valence-corrected chi connectivity index (χ1v) is 14.7. The molecular formula is C31H41ClF2N4O. The Bertz CT molecular complexity index is 1190. The molecule has 8 heteroatoms. The molecule has 3 heterocycles. The number of amides is 1. The Morgan fingerprint density at radius 2 is 1.69 bits per heavy atom. The normalized spacial score (nSPS) is 24.1. The predicted molar refractivity (Wildman–Crippen MR) is 152 cm³/mol. The molecule has 0 spiro atoms. The van der Waals surface area contributed by atoms with Gasteiger partial charge in [0.1, 0.15) is 11.6 Å². The third-order valence-electron chi connectivity index (χ3n) is 8.94. The first-order valence-electron chi connectivity index (χ1n) is 14.3. The van der Waals surface area contributed by atoms with E-state index in [0.717, 1.165) is 37.0 Å². The maximum Gasteiger partial charge on any atom is 0.227 e. The Balaban J connectivity index is 1.30. The van der Waals surface area contributed by atoms with Crippen LogP contribution in [0.1, 0.15) is 81.5 Å². The molecule has 5 nitrogen and oxygen atoms in total. The van der Waals surface area contributed by atoms with E-state index < -0.39 is 11.6 Å². The summed E-state index contributed by atoms with van der Waals surface area (Å²) in [6.45, 7) is 13.2. The molecule has 3 fully saturated rings. The van der Waals surface area contributed by atoms with Gasteiger partial charge in [-0.3, -0.25) is 9.69 Å². The molecule has 39 heavy (non-hydrogen) atoms. The molecule has 0 bridgehead atoms. The van der Waals surface area contributed by atoms with Gasteiger partial charge in [-0.25, -0.2) is 19.2 Å². The van der Waals surface area contributed by atoms with Crippen molar-refractivity contribution in [2.24, 2.45) is 5.92 Å². The summed E-state index contributed by atoms with van der Waals surface area (Å²) >= 11 is 6.40. The number of halogens is 3. The molecular weight excluding hydrogens is 518 g/mol. The zero-order valence-electron chi connectivity index (χ0n) is 23.5. The minimum absolute atomic E-state index is 0.0815. The average molecular weight is 559 g/mol. The lowest BCUT2D eigenvalue weighted by Crippen LogP contribution is -2.48. The maximum atomic E-state index is 14.9. The number of carbonyl (C=O) groups excluding carboxylic acids is 1. The van der Waals surface area contributed by atoms with Crippen molar-refractivity contribution in [3.8, 4) is 0 Å². The molecule has 3 aliphatic rings. The van der Waals surface area contributed by atoms with Crippen LogP contribution in [-0.2, 0) is 4.79 Å². The summed E-state index contributed by atoms with van der Waals surface area (Å²) in [7, 11) is 0. The van der Waals surface area contributed by atoms with Gasteiger partial charge in [-0.2, -0.15) is 0 Å². The molecule has 5 rings (SSSR count). The van der Waals surface area contributed by atoms with Crippen LogP contribution in [0.5, 0.6) is 0 Å². The third kappa shape index (κ3) is 6.17. The zero-order chi connectivity index (χ0) is 27.9. The molecule has 3 aliphatic heterocycles. The number of hydrogen-bond donors (Lipinski definition) is 1. The summed E-state index contributed by atoms with van der Waals surface area (Å²) in [5.74, 6) is -1.38. The molecule has 3 atom stereocenters. The maximum absolute atomic E-state index is 14.9. The quantitative estimate of drug-likeness (QED) is 0.464. The lowest BCUT2D eigenvalue weighted by molar-refractivity contribution is -0.136. The Morgan fingerprint density at radius 3 is 2.31 bits per heavy atom. The average Bonchev–Trinajstić information content (AvgIpc) is 3.31. The highest BCUT2D eigenvalue weighted by Crippen LogP contribution is 2.40.